The van der Waals surface area contributed by atoms with Crippen LogP contribution >= 0.6 is 0 Å². The van der Waals surface area contributed by atoms with E-state index in [0.717, 1.165) is 37.3 Å². The van der Waals surface area contributed by atoms with Crippen molar-refractivity contribution in [3.05, 3.63) is 65.2 Å². The molecule has 3 fully saturated rings. The van der Waals surface area contributed by atoms with Gasteiger partial charge in [0.15, 0.2) is 0 Å². The summed E-state index contributed by atoms with van der Waals surface area (Å²) in [5, 5.41) is 0. The summed E-state index contributed by atoms with van der Waals surface area (Å²) in [4.78, 5) is 15.3. The highest BCUT2D eigenvalue weighted by atomic mass is 16.6. The monoisotopic (exact) mass is 487 g/mol. The Kier molecular flexibility index (Phi) is 6.95. The Morgan fingerprint density at radius 1 is 0.917 bits per heavy atom. The number of carbonyl (C=O) groups excluding carboxylic acids is 1. The summed E-state index contributed by atoms with van der Waals surface area (Å²) in [7, 11) is 0. The molecule has 2 aromatic rings. The number of ether oxygens (including phenoxy) is 2. The van der Waals surface area contributed by atoms with E-state index in [1.54, 1.807) is 0 Å². The zero-order valence-corrected chi connectivity index (χ0v) is 21.6. The molecule has 6 rings (SSSR count). The highest BCUT2D eigenvalue weighted by Crippen LogP contribution is 2.56. The second-order valence-corrected chi connectivity index (χ2v) is 11.8. The molecule has 1 heterocycles. The normalized spacial score (nSPS) is 27.9. The molecule has 3 aliphatic carbocycles. The van der Waals surface area contributed by atoms with Gasteiger partial charge in [-0.2, -0.15) is 0 Å². The fraction of sp³-hybridized carbons (Fsp3) is 0.594. The van der Waals surface area contributed by atoms with E-state index < -0.39 is 0 Å². The lowest BCUT2D eigenvalue weighted by molar-refractivity contribution is -0.0137. The maximum Gasteiger partial charge on any atom is 0.410 e. The van der Waals surface area contributed by atoms with Crippen LogP contribution in [0.1, 0.15) is 87.3 Å². The van der Waals surface area contributed by atoms with Crippen molar-refractivity contribution in [2.24, 2.45) is 11.8 Å². The molecule has 192 valence electrons. The Labute approximate surface area is 216 Å². The number of hydrogen-bond acceptors (Lipinski definition) is 3. The second kappa shape index (κ2) is 10.5. The summed E-state index contributed by atoms with van der Waals surface area (Å²) in [5.41, 5.74) is 4.17. The van der Waals surface area contributed by atoms with E-state index in [1.807, 2.05) is 30.3 Å². The molecule has 0 spiro atoms. The van der Waals surface area contributed by atoms with Gasteiger partial charge in [-0.25, -0.2) is 4.79 Å². The molecular weight excluding hydrogens is 446 g/mol. The minimum atomic E-state index is -0.144. The second-order valence-electron chi connectivity index (χ2n) is 11.8. The first-order chi connectivity index (χ1) is 17.7. The number of likely N-dealkylation sites (tertiary alicyclic amines) is 1. The van der Waals surface area contributed by atoms with E-state index in [-0.39, 0.29) is 17.6 Å². The summed E-state index contributed by atoms with van der Waals surface area (Å²) in [5.74, 6) is 2.28. The van der Waals surface area contributed by atoms with Gasteiger partial charge in [-0.05, 0) is 79.2 Å². The SMILES string of the molecule is O=C(OCc1ccccc1)N1CC[C@]23CCCC[C@H]2[C@H]1Cc1ccc(OCC2CCCCCC2)cc13. The Morgan fingerprint density at radius 2 is 1.72 bits per heavy atom. The molecule has 3 atom stereocenters. The van der Waals surface area contributed by atoms with Gasteiger partial charge in [0.1, 0.15) is 12.4 Å². The Morgan fingerprint density at radius 3 is 2.56 bits per heavy atom. The molecule has 2 aromatic carbocycles. The summed E-state index contributed by atoms with van der Waals surface area (Å²) >= 11 is 0. The molecule has 1 saturated heterocycles. The van der Waals surface area contributed by atoms with Gasteiger partial charge >= 0.3 is 6.09 Å². The molecule has 36 heavy (non-hydrogen) atoms. The van der Waals surface area contributed by atoms with Crippen molar-refractivity contribution >= 4 is 6.09 Å². The first-order valence-corrected chi connectivity index (χ1v) is 14.5. The average Bonchev–Trinajstić information content (AvgIpc) is 3.20. The van der Waals surface area contributed by atoms with E-state index >= 15 is 0 Å². The number of rotatable bonds is 5. The fourth-order valence-electron chi connectivity index (χ4n) is 7.85. The van der Waals surface area contributed by atoms with E-state index in [4.69, 9.17) is 9.47 Å². The van der Waals surface area contributed by atoms with E-state index in [9.17, 15) is 4.79 Å². The van der Waals surface area contributed by atoms with Gasteiger partial charge in [-0.1, -0.05) is 74.9 Å². The zero-order chi connectivity index (χ0) is 24.4. The van der Waals surface area contributed by atoms with Crippen LogP contribution in [-0.4, -0.2) is 30.2 Å². The smallest absolute Gasteiger partial charge is 0.410 e. The number of carbonyl (C=O) groups is 1. The summed E-state index contributed by atoms with van der Waals surface area (Å²) in [6.45, 7) is 2.00. The van der Waals surface area contributed by atoms with Crippen molar-refractivity contribution in [2.45, 2.75) is 95.1 Å². The minimum absolute atomic E-state index is 0.144. The molecule has 0 unspecified atom stereocenters. The number of piperidine rings is 1. The highest BCUT2D eigenvalue weighted by molar-refractivity contribution is 5.69. The molecule has 0 radical (unpaired) electrons. The quantitative estimate of drug-likeness (QED) is 0.412. The number of fused-ring (bicyclic) bond motifs is 1. The van der Waals surface area contributed by atoms with Crippen LogP contribution in [0.3, 0.4) is 0 Å². The molecule has 2 saturated carbocycles. The Bertz CT molecular complexity index is 1040. The largest absolute Gasteiger partial charge is 0.493 e. The third-order valence-corrected chi connectivity index (χ3v) is 9.71. The van der Waals surface area contributed by atoms with Gasteiger partial charge in [0.05, 0.1) is 6.61 Å². The topological polar surface area (TPSA) is 38.8 Å². The van der Waals surface area contributed by atoms with Gasteiger partial charge in [-0.3, -0.25) is 0 Å². The Hall–Kier alpha value is -2.49. The number of amides is 1. The predicted octanol–water partition coefficient (Wildman–Crippen LogP) is 7.43. The van der Waals surface area contributed by atoms with E-state index in [1.165, 1.54) is 75.3 Å². The third kappa shape index (κ3) is 4.64. The van der Waals surface area contributed by atoms with Crippen LogP contribution in [0.4, 0.5) is 4.79 Å². The summed E-state index contributed by atoms with van der Waals surface area (Å²) in [6.07, 6.45) is 14.9. The first kappa shape index (κ1) is 23.9. The van der Waals surface area contributed by atoms with Crippen LogP contribution in [0.2, 0.25) is 0 Å². The molecule has 1 aliphatic heterocycles. The van der Waals surface area contributed by atoms with E-state index in [0.29, 0.717) is 18.4 Å². The van der Waals surface area contributed by atoms with Crippen molar-refractivity contribution in [3.8, 4) is 5.75 Å². The molecular formula is C32H41NO3. The molecule has 4 heteroatoms. The van der Waals surface area contributed by atoms with Crippen LogP contribution in [0, 0.1) is 11.8 Å². The van der Waals surface area contributed by atoms with E-state index in [2.05, 4.69) is 23.1 Å². The zero-order valence-electron chi connectivity index (χ0n) is 21.6. The van der Waals surface area contributed by atoms with Gasteiger partial charge < -0.3 is 14.4 Å². The lowest BCUT2D eigenvalue weighted by Gasteiger charge is -2.58. The molecule has 4 aliphatic rings. The van der Waals surface area contributed by atoms with Crippen molar-refractivity contribution < 1.29 is 14.3 Å². The predicted molar refractivity (Wildman–Crippen MR) is 142 cm³/mol. The van der Waals surface area contributed by atoms with Gasteiger partial charge in [-0.15, -0.1) is 0 Å². The van der Waals surface area contributed by atoms with Crippen molar-refractivity contribution in [2.75, 3.05) is 13.2 Å². The molecule has 0 aromatic heterocycles. The lowest BCUT2D eigenvalue weighted by atomic mass is 9.52. The fourth-order valence-corrected chi connectivity index (χ4v) is 7.85. The summed E-state index contributed by atoms with van der Waals surface area (Å²) < 4.78 is 12.2. The van der Waals surface area contributed by atoms with Crippen LogP contribution in [-0.2, 0) is 23.2 Å². The van der Waals surface area contributed by atoms with Crippen molar-refractivity contribution in [1.29, 1.82) is 0 Å². The van der Waals surface area contributed by atoms with Crippen molar-refractivity contribution in [1.82, 2.24) is 4.90 Å². The van der Waals surface area contributed by atoms with Gasteiger partial charge in [0, 0.05) is 18.0 Å². The number of benzene rings is 2. The number of hydrogen-bond donors (Lipinski definition) is 0. The molecule has 1 amide bonds. The van der Waals surface area contributed by atoms with Crippen LogP contribution in [0.15, 0.2) is 48.5 Å². The molecule has 2 bridgehead atoms. The van der Waals surface area contributed by atoms with Gasteiger partial charge in [0.25, 0.3) is 0 Å². The van der Waals surface area contributed by atoms with Crippen LogP contribution < -0.4 is 4.74 Å². The van der Waals surface area contributed by atoms with Crippen LogP contribution in [0.5, 0.6) is 5.75 Å². The molecule has 0 N–H and O–H groups in total. The minimum Gasteiger partial charge on any atom is -0.493 e. The molecule has 4 nitrogen and oxygen atoms in total. The van der Waals surface area contributed by atoms with Crippen molar-refractivity contribution in [3.63, 3.8) is 0 Å². The van der Waals surface area contributed by atoms with Gasteiger partial charge in [0.2, 0.25) is 0 Å². The standard InChI is InChI=1S/C32H41NO3/c34-31(36-23-25-12-6-3-7-13-25)33-19-18-32-17-9-8-14-28(32)30(33)20-26-15-16-27(21-29(26)32)35-22-24-10-4-1-2-5-11-24/h3,6-7,12-13,15-16,21,24,28,30H,1-2,4-5,8-11,14,17-20,22-23H2/t28-,30+,32+/m0/s1. The maximum absolute atomic E-state index is 13.3. The summed E-state index contributed by atoms with van der Waals surface area (Å²) in [6, 6.07) is 17.1. The lowest BCUT2D eigenvalue weighted by Crippen LogP contribution is -2.62. The van der Waals surface area contributed by atoms with Crippen LogP contribution in [0.25, 0.3) is 0 Å². The Balaban J connectivity index is 1.19. The first-order valence-electron chi connectivity index (χ1n) is 14.5. The average molecular weight is 488 g/mol. The number of nitrogens with zero attached hydrogens (tertiary/aromatic N) is 1. The maximum atomic E-state index is 13.3. The third-order valence-electron chi connectivity index (χ3n) is 9.71. The highest BCUT2D eigenvalue weighted by Gasteiger charge is 2.55.